The van der Waals surface area contributed by atoms with Gasteiger partial charge >= 0.3 is 6.09 Å². The van der Waals surface area contributed by atoms with Gasteiger partial charge in [-0.25, -0.2) is 9.18 Å². The van der Waals surface area contributed by atoms with E-state index in [1.165, 1.54) is 0 Å². The zero-order valence-electron chi connectivity index (χ0n) is 10.7. The van der Waals surface area contributed by atoms with Crippen LogP contribution in [0.2, 0.25) is 0 Å². The number of hydrogen-bond acceptors (Lipinski definition) is 3. The fourth-order valence-corrected chi connectivity index (χ4v) is 2.03. The van der Waals surface area contributed by atoms with E-state index in [-0.39, 0.29) is 12.8 Å². The van der Waals surface area contributed by atoms with Crippen molar-refractivity contribution in [2.75, 3.05) is 0 Å². The van der Waals surface area contributed by atoms with E-state index in [1.807, 2.05) is 0 Å². The van der Waals surface area contributed by atoms with Crippen LogP contribution >= 0.6 is 0 Å². The molecular weight excluding hydrogens is 243 g/mol. The molecule has 18 heavy (non-hydrogen) atoms. The van der Waals surface area contributed by atoms with E-state index in [9.17, 15) is 19.1 Å². The van der Waals surface area contributed by atoms with Gasteiger partial charge in [-0.15, -0.1) is 0 Å². The molecule has 7 heteroatoms. The first-order valence-electron chi connectivity index (χ1n) is 5.71. The van der Waals surface area contributed by atoms with Crippen molar-refractivity contribution in [1.29, 1.82) is 0 Å². The molecule has 6 nitrogen and oxygen atoms in total. The number of carbonyl (C=O) groups excluding carboxylic acids is 1. The highest BCUT2D eigenvalue weighted by molar-refractivity contribution is 5.84. The molecule has 0 aliphatic heterocycles. The van der Waals surface area contributed by atoms with Crippen molar-refractivity contribution in [3.63, 3.8) is 0 Å². The first kappa shape index (κ1) is 14.7. The van der Waals surface area contributed by atoms with Crippen molar-refractivity contribution >= 4 is 12.0 Å². The largest absolute Gasteiger partial charge is 0.465 e. The van der Waals surface area contributed by atoms with Gasteiger partial charge in [-0.3, -0.25) is 4.79 Å². The number of amides is 2. The highest BCUT2D eigenvalue weighted by Crippen LogP contribution is 2.37. The Morgan fingerprint density at radius 2 is 1.89 bits per heavy atom. The maximum Gasteiger partial charge on any atom is 0.405 e. The number of aliphatic hydroxyl groups excluding tert-OH is 1. The van der Waals surface area contributed by atoms with Crippen LogP contribution in [-0.4, -0.2) is 45.6 Å². The van der Waals surface area contributed by atoms with Crippen molar-refractivity contribution in [3.05, 3.63) is 0 Å². The molecule has 2 amide bonds. The Balaban J connectivity index is 2.75. The highest BCUT2D eigenvalue weighted by Gasteiger charge is 2.54. The number of halogens is 1. The van der Waals surface area contributed by atoms with Crippen molar-refractivity contribution in [3.8, 4) is 0 Å². The number of nitrogens with one attached hydrogen (secondary N) is 2. The third kappa shape index (κ3) is 3.32. The Kier molecular flexibility index (Phi) is 3.85. The number of carboxylic acid groups (broad SMARTS) is 1. The summed E-state index contributed by atoms with van der Waals surface area (Å²) in [5, 5.41) is 23.2. The Labute approximate surface area is 105 Å². The van der Waals surface area contributed by atoms with Crippen LogP contribution in [0.1, 0.15) is 33.6 Å². The minimum absolute atomic E-state index is 0.196. The summed E-state index contributed by atoms with van der Waals surface area (Å²) in [4.78, 5) is 22.4. The molecular formula is C11H19FN2O4. The standard InChI is InChI=1S/C11H19FN2O4/c1-10(2,3)13-8(16)7(15)11(14-9(17)18)4-6(12)5-11/h6-7,14-15H,4-5H2,1-3H3,(H,13,16)(H,17,18). The van der Waals surface area contributed by atoms with E-state index in [0.717, 1.165) is 0 Å². The zero-order chi connectivity index (χ0) is 14.1. The third-order valence-corrected chi connectivity index (χ3v) is 2.80. The van der Waals surface area contributed by atoms with Crippen LogP contribution in [-0.2, 0) is 4.79 Å². The highest BCUT2D eigenvalue weighted by atomic mass is 19.1. The lowest BCUT2D eigenvalue weighted by molar-refractivity contribution is -0.140. The van der Waals surface area contributed by atoms with Crippen molar-refractivity contribution in [2.24, 2.45) is 0 Å². The Morgan fingerprint density at radius 3 is 2.22 bits per heavy atom. The SMILES string of the molecule is CC(C)(C)NC(=O)C(O)C1(NC(=O)O)CC(F)C1. The molecule has 0 radical (unpaired) electrons. The molecule has 0 aromatic carbocycles. The second-order valence-electron chi connectivity index (χ2n) is 5.73. The molecule has 1 aliphatic rings. The molecule has 1 unspecified atom stereocenters. The minimum atomic E-state index is -1.60. The lowest BCUT2D eigenvalue weighted by Crippen LogP contribution is -2.69. The quantitative estimate of drug-likeness (QED) is 0.591. The van der Waals surface area contributed by atoms with Gasteiger partial charge in [0, 0.05) is 18.4 Å². The second-order valence-corrected chi connectivity index (χ2v) is 5.73. The Hall–Kier alpha value is -1.37. The smallest absolute Gasteiger partial charge is 0.405 e. The van der Waals surface area contributed by atoms with Crippen molar-refractivity contribution in [1.82, 2.24) is 10.6 Å². The Morgan fingerprint density at radius 1 is 1.39 bits per heavy atom. The van der Waals surface area contributed by atoms with Crippen molar-refractivity contribution in [2.45, 2.75) is 57.0 Å². The van der Waals surface area contributed by atoms with Crippen molar-refractivity contribution < 1.29 is 24.2 Å². The van der Waals surface area contributed by atoms with E-state index in [0.29, 0.717) is 0 Å². The monoisotopic (exact) mass is 262 g/mol. The van der Waals surface area contributed by atoms with Crippen LogP contribution in [0.3, 0.4) is 0 Å². The first-order chi connectivity index (χ1) is 8.06. The van der Waals surface area contributed by atoms with Crippen LogP contribution in [0, 0.1) is 0 Å². The molecule has 0 spiro atoms. The number of rotatable bonds is 3. The van der Waals surface area contributed by atoms with Gasteiger partial charge in [0.1, 0.15) is 6.17 Å². The lowest BCUT2D eigenvalue weighted by atomic mass is 9.71. The average molecular weight is 262 g/mol. The first-order valence-corrected chi connectivity index (χ1v) is 5.71. The molecule has 1 saturated carbocycles. The van der Waals surface area contributed by atoms with E-state index >= 15 is 0 Å². The maximum atomic E-state index is 12.9. The van der Waals surface area contributed by atoms with Gasteiger partial charge in [-0.05, 0) is 20.8 Å². The van der Waals surface area contributed by atoms with E-state index < -0.39 is 35.4 Å². The summed E-state index contributed by atoms with van der Waals surface area (Å²) in [6, 6.07) is 0. The molecule has 104 valence electrons. The predicted octanol–water partition coefficient (Wildman–Crippen LogP) is 0.400. The summed E-state index contributed by atoms with van der Waals surface area (Å²) >= 11 is 0. The van der Waals surface area contributed by atoms with Crippen LogP contribution < -0.4 is 10.6 Å². The molecule has 0 saturated heterocycles. The second kappa shape index (κ2) is 4.72. The molecule has 0 aromatic rings. The minimum Gasteiger partial charge on any atom is -0.465 e. The number of aliphatic hydroxyl groups is 1. The summed E-state index contributed by atoms with van der Waals surface area (Å²) in [6.45, 7) is 5.19. The van der Waals surface area contributed by atoms with E-state index in [4.69, 9.17) is 5.11 Å². The van der Waals surface area contributed by atoms with E-state index in [2.05, 4.69) is 10.6 Å². The summed E-state index contributed by atoms with van der Waals surface area (Å²) in [5.74, 6) is -0.705. The fourth-order valence-electron chi connectivity index (χ4n) is 2.03. The van der Waals surface area contributed by atoms with Crippen LogP contribution in [0.25, 0.3) is 0 Å². The molecule has 1 aliphatic carbocycles. The number of alkyl halides is 1. The molecule has 0 aromatic heterocycles. The topological polar surface area (TPSA) is 98.7 Å². The van der Waals surface area contributed by atoms with Gasteiger partial charge in [-0.1, -0.05) is 0 Å². The van der Waals surface area contributed by atoms with Crippen LogP contribution in [0.4, 0.5) is 9.18 Å². The molecule has 1 atom stereocenters. The summed E-state index contributed by atoms with van der Waals surface area (Å²) in [7, 11) is 0. The van der Waals surface area contributed by atoms with Crippen LogP contribution in [0.15, 0.2) is 0 Å². The zero-order valence-corrected chi connectivity index (χ0v) is 10.7. The van der Waals surface area contributed by atoms with Gasteiger partial charge in [0.25, 0.3) is 5.91 Å². The normalized spacial score (nSPS) is 29.1. The molecule has 4 N–H and O–H groups in total. The van der Waals surface area contributed by atoms with Gasteiger partial charge in [0.2, 0.25) is 0 Å². The summed E-state index contributed by atoms with van der Waals surface area (Å²) in [6.07, 6.45) is -4.57. The average Bonchev–Trinajstić information content (AvgIpc) is 2.09. The van der Waals surface area contributed by atoms with Crippen LogP contribution in [0.5, 0.6) is 0 Å². The molecule has 0 bridgehead atoms. The molecule has 1 rings (SSSR count). The van der Waals surface area contributed by atoms with Gasteiger partial charge in [0.05, 0.1) is 5.54 Å². The van der Waals surface area contributed by atoms with Gasteiger partial charge in [0.15, 0.2) is 6.10 Å². The lowest BCUT2D eigenvalue weighted by Gasteiger charge is -2.46. The van der Waals surface area contributed by atoms with E-state index in [1.54, 1.807) is 20.8 Å². The summed E-state index contributed by atoms with van der Waals surface area (Å²) < 4.78 is 12.9. The predicted molar refractivity (Wildman–Crippen MR) is 61.9 cm³/mol. The number of carbonyl (C=O) groups is 2. The molecule has 0 heterocycles. The van der Waals surface area contributed by atoms with Gasteiger partial charge < -0.3 is 20.8 Å². The summed E-state index contributed by atoms with van der Waals surface area (Å²) in [5.41, 5.74) is -1.97. The third-order valence-electron chi connectivity index (χ3n) is 2.80. The van der Waals surface area contributed by atoms with Gasteiger partial charge in [-0.2, -0.15) is 0 Å². The maximum absolute atomic E-state index is 12.9. The fraction of sp³-hybridized carbons (Fsp3) is 0.818. The molecule has 1 fully saturated rings. The Bertz CT molecular complexity index is 347. The number of hydrogen-bond donors (Lipinski definition) is 4.